The maximum absolute atomic E-state index is 10.3. The van der Waals surface area contributed by atoms with Crippen LogP contribution < -0.4 is 5.32 Å². The van der Waals surface area contributed by atoms with Gasteiger partial charge < -0.3 is 15.2 Å². The number of carboxylic acids is 1. The molecule has 6 nitrogen and oxygen atoms in total. The molecule has 2 N–H and O–H groups in total. The molecule has 1 aliphatic heterocycles. The van der Waals surface area contributed by atoms with Crippen LogP contribution >= 0.6 is 0 Å². The van der Waals surface area contributed by atoms with Gasteiger partial charge in [0.05, 0.1) is 18.9 Å². The molecule has 0 aromatic carbocycles. The van der Waals surface area contributed by atoms with Gasteiger partial charge in [-0.05, 0) is 6.42 Å². The van der Waals surface area contributed by atoms with Crippen LogP contribution in [0.15, 0.2) is 6.33 Å². The molecular formula is C10H13N3O3. The van der Waals surface area contributed by atoms with E-state index >= 15 is 0 Å². The van der Waals surface area contributed by atoms with E-state index in [0.29, 0.717) is 26.2 Å². The van der Waals surface area contributed by atoms with E-state index in [-0.39, 0.29) is 6.42 Å². The van der Waals surface area contributed by atoms with Crippen LogP contribution in [-0.2, 0) is 22.7 Å². The van der Waals surface area contributed by atoms with E-state index in [1.54, 1.807) is 0 Å². The lowest BCUT2D eigenvalue weighted by Crippen LogP contribution is -2.08. The summed E-state index contributed by atoms with van der Waals surface area (Å²) in [7, 11) is 0. The van der Waals surface area contributed by atoms with Crippen LogP contribution in [0.25, 0.3) is 0 Å². The molecule has 0 bridgehead atoms. The van der Waals surface area contributed by atoms with E-state index in [1.165, 1.54) is 6.33 Å². The molecule has 16 heavy (non-hydrogen) atoms. The molecule has 0 radical (unpaired) electrons. The van der Waals surface area contributed by atoms with Crippen molar-refractivity contribution >= 4 is 11.8 Å². The average Bonchev–Trinajstić information content (AvgIpc) is 2.72. The Balaban J connectivity index is 1.90. The number of anilines is 1. The van der Waals surface area contributed by atoms with Crippen molar-refractivity contribution < 1.29 is 14.6 Å². The largest absolute Gasteiger partial charge is 0.481 e. The van der Waals surface area contributed by atoms with E-state index in [4.69, 9.17) is 9.84 Å². The topological polar surface area (TPSA) is 84.3 Å². The number of rotatable bonds is 5. The van der Waals surface area contributed by atoms with Gasteiger partial charge in [0.2, 0.25) is 0 Å². The normalized spacial score (nSPS) is 13.5. The minimum atomic E-state index is -0.780. The number of hydrogen-bond acceptors (Lipinski definition) is 5. The van der Waals surface area contributed by atoms with E-state index in [1.807, 2.05) is 0 Å². The number of fused-ring (bicyclic) bond motifs is 1. The van der Waals surface area contributed by atoms with Crippen LogP contribution in [0.1, 0.15) is 24.1 Å². The number of carboxylic acid groups (broad SMARTS) is 1. The average molecular weight is 223 g/mol. The third kappa shape index (κ3) is 2.46. The second-order valence-electron chi connectivity index (χ2n) is 3.56. The Labute approximate surface area is 92.7 Å². The predicted octanol–water partition coefficient (Wildman–Crippen LogP) is 0.783. The van der Waals surface area contributed by atoms with Gasteiger partial charge in [-0.25, -0.2) is 9.97 Å². The van der Waals surface area contributed by atoms with Crippen LogP contribution in [0.5, 0.6) is 0 Å². The highest BCUT2D eigenvalue weighted by atomic mass is 16.5. The molecule has 0 spiro atoms. The van der Waals surface area contributed by atoms with Gasteiger partial charge in [-0.15, -0.1) is 0 Å². The molecule has 86 valence electrons. The molecule has 0 fully saturated rings. The molecule has 0 saturated heterocycles. The quantitative estimate of drug-likeness (QED) is 0.718. The van der Waals surface area contributed by atoms with Crippen LogP contribution in [0.3, 0.4) is 0 Å². The number of nitrogens with one attached hydrogen (secondary N) is 1. The zero-order chi connectivity index (χ0) is 11.4. The zero-order valence-electron chi connectivity index (χ0n) is 8.77. The molecule has 1 aliphatic rings. The Kier molecular flexibility index (Phi) is 3.31. The van der Waals surface area contributed by atoms with Crippen molar-refractivity contribution in [3.8, 4) is 0 Å². The summed E-state index contributed by atoms with van der Waals surface area (Å²) < 4.78 is 5.26. The fourth-order valence-corrected chi connectivity index (χ4v) is 1.57. The van der Waals surface area contributed by atoms with Crippen LogP contribution in [-0.4, -0.2) is 27.6 Å². The summed E-state index contributed by atoms with van der Waals surface area (Å²) >= 11 is 0. The maximum atomic E-state index is 10.3. The summed E-state index contributed by atoms with van der Waals surface area (Å²) in [5, 5.41) is 11.6. The second-order valence-corrected chi connectivity index (χ2v) is 3.56. The van der Waals surface area contributed by atoms with E-state index in [2.05, 4.69) is 15.3 Å². The molecule has 1 aromatic rings. The fraction of sp³-hybridized carbons (Fsp3) is 0.500. The summed E-state index contributed by atoms with van der Waals surface area (Å²) in [6.07, 6.45) is 2.23. The van der Waals surface area contributed by atoms with Crippen molar-refractivity contribution in [2.24, 2.45) is 0 Å². The van der Waals surface area contributed by atoms with Crippen molar-refractivity contribution in [3.63, 3.8) is 0 Å². The van der Waals surface area contributed by atoms with Crippen molar-refractivity contribution in [1.29, 1.82) is 0 Å². The zero-order valence-corrected chi connectivity index (χ0v) is 8.77. The summed E-state index contributed by atoms with van der Waals surface area (Å²) in [4.78, 5) is 18.5. The smallest absolute Gasteiger partial charge is 0.303 e. The number of nitrogens with zero attached hydrogens (tertiary/aromatic N) is 2. The molecule has 1 aromatic heterocycles. The molecule has 2 heterocycles. The van der Waals surface area contributed by atoms with Crippen LogP contribution in [0.2, 0.25) is 0 Å². The van der Waals surface area contributed by atoms with Crippen LogP contribution in [0, 0.1) is 0 Å². The lowest BCUT2D eigenvalue weighted by Gasteiger charge is -2.07. The summed E-state index contributed by atoms with van der Waals surface area (Å²) in [6.45, 7) is 1.65. The molecule has 0 amide bonds. The highest BCUT2D eigenvalue weighted by Crippen LogP contribution is 2.22. The summed E-state index contributed by atoms with van der Waals surface area (Å²) in [6, 6.07) is 0. The number of hydrogen-bond donors (Lipinski definition) is 2. The number of aromatic nitrogens is 2. The van der Waals surface area contributed by atoms with Gasteiger partial charge in [0, 0.05) is 18.5 Å². The van der Waals surface area contributed by atoms with Crippen molar-refractivity contribution in [2.45, 2.75) is 26.1 Å². The summed E-state index contributed by atoms with van der Waals surface area (Å²) in [5.41, 5.74) is 1.90. The Bertz CT molecular complexity index is 395. The van der Waals surface area contributed by atoms with Gasteiger partial charge in [0.1, 0.15) is 12.1 Å². The SMILES string of the molecule is O=C(O)CCCNc1ncnc2c1COC2. The fourth-order valence-electron chi connectivity index (χ4n) is 1.57. The first kappa shape index (κ1) is 10.8. The Morgan fingerprint density at radius 2 is 2.38 bits per heavy atom. The number of ether oxygens (including phenoxy) is 1. The third-order valence-electron chi connectivity index (χ3n) is 2.38. The first-order valence-corrected chi connectivity index (χ1v) is 5.13. The van der Waals surface area contributed by atoms with Crippen molar-refractivity contribution in [3.05, 3.63) is 17.6 Å². The van der Waals surface area contributed by atoms with Gasteiger partial charge in [-0.1, -0.05) is 0 Å². The molecule has 6 heteroatoms. The van der Waals surface area contributed by atoms with E-state index in [9.17, 15) is 4.79 Å². The molecular weight excluding hydrogens is 210 g/mol. The lowest BCUT2D eigenvalue weighted by atomic mass is 10.2. The van der Waals surface area contributed by atoms with Gasteiger partial charge in [0.15, 0.2) is 0 Å². The minimum Gasteiger partial charge on any atom is -0.481 e. The molecule has 0 saturated carbocycles. The minimum absolute atomic E-state index is 0.163. The van der Waals surface area contributed by atoms with Crippen molar-refractivity contribution in [2.75, 3.05) is 11.9 Å². The van der Waals surface area contributed by atoms with Gasteiger partial charge in [-0.2, -0.15) is 0 Å². The predicted molar refractivity (Wildman–Crippen MR) is 55.9 cm³/mol. The monoisotopic (exact) mass is 223 g/mol. The van der Waals surface area contributed by atoms with Crippen molar-refractivity contribution in [1.82, 2.24) is 9.97 Å². The van der Waals surface area contributed by atoms with Gasteiger partial charge >= 0.3 is 5.97 Å². The lowest BCUT2D eigenvalue weighted by molar-refractivity contribution is -0.137. The first-order chi connectivity index (χ1) is 7.77. The Morgan fingerprint density at radius 3 is 3.19 bits per heavy atom. The third-order valence-corrected chi connectivity index (χ3v) is 2.38. The Hall–Kier alpha value is -1.69. The maximum Gasteiger partial charge on any atom is 0.303 e. The first-order valence-electron chi connectivity index (χ1n) is 5.13. The van der Waals surface area contributed by atoms with E-state index < -0.39 is 5.97 Å². The highest BCUT2D eigenvalue weighted by Gasteiger charge is 2.17. The highest BCUT2D eigenvalue weighted by molar-refractivity contribution is 5.66. The molecule has 0 atom stereocenters. The van der Waals surface area contributed by atoms with E-state index in [0.717, 1.165) is 17.1 Å². The summed E-state index contributed by atoms with van der Waals surface area (Å²) in [5.74, 6) is -0.0223. The number of carbonyl (C=O) groups is 1. The van der Waals surface area contributed by atoms with Crippen LogP contribution in [0.4, 0.5) is 5.82 Å². The standard InChI is InChI=1S/C10H13N3O3/c14-9(15)2-1-3-11-10-7-4-16-5-8(7)12-6-13-10/h6H,1-5H2,(H,14,15)(H,11,12,13). The van der Waals surface area contributed by atoms with Gasteiger partial charge in [0.25, 0.3) is 0 Å². The second kappa shape index (κ2) is 4.89. The molecule has 0 unspecified atom stereocenters. The molecule has 0 aliphatic carbocycles. The van der Waals surface area contributed by atoms with Gasteiger partial charge in [-0.3, -0.25) is 4.79 Å². The molecule has 2 rings (SSSR count). The Morgan fingerprint density at radius 1 is 1.50 bits per heavy atom. The number of aliphatic carboxylic acids is 1.